The van der Waals surface area contributed by atoms with Crippen LogP contribution in [0, 0.1) is 0 Å². The van der Waals surface area contributed by atoms with Gasteiger partial charge in [-0.25, -0.2) is 8.78 Å². The molecule has 0 saturated heterocycles. The molecule has 1 amide bonds. The van der Waals surface area contributed by atoms with E-state index in [1.165, 1.54) is 0 Å². The van der Waals surface area contributed by atoms with E-state index < -0.39 is 18.3 Å². The van der Waals surface area contributed by atoms with Gasteiger partial charge in [-0.1, -0.05) is 12.8 Å². The minimum atomic E-state index is -4.57. The van der Waals surface area contributed by atoms with E-state index in [9.17, 15) is 22.4 Å². The zero-order valence-corrected chi connectivity index (χ0v) is 7.40. The van der Waals surface area contributed by atoms with Crippen molar-refractivity contribution in [2.75, 3.05) is 0 Å². The van der Waals surface area contributed by atoms with E-state index in [2.05, 4.69) is 0 Å². The second-order valence-electron chi connectivity index (χ2n) is 3.38. The number of carbonyl (C=O) groups excluding carboxylic acids is 1. The number of nitrogens with one attached hydrogen (secondary N) is 1. The number of hydrogen-bond acceptors (Lipinski definition) is 1. The Morgan fingerprint density at radius 1 is 1.29 bits per heavy atom. The van der Waals surface area contributed by atoms with Gasteiger partial charge >= 0.3 is 12.3 Å². The van der Waals surface area contributed by atoms with Crippen LogP contribution < -0.4 is 5.32 Å². The Labute approximate surface area is 78.7 Å². The van der Waals surface area contributed by atoms with Gasteiger partial charge in [0, 0.05) is 6.04 Å². The van der Waals surface area contributed by atoms with Crippen molar-refractivity contribution >= 4 is 5.91 Å². The molecule has 82 valence electrons. The molecule has 1 N–H and O–H groups in total. The first-order valence-electron chi connectivity index (χ1n) is 4.41. The van der Waals surface area contributed by atoms with Crippen LogP contribution in [0.15, 0.2) is 0 Å². The zero-order chi connectivity index (χ0) is 10.8. The van der Waals surface area contributed by atoms with Gasteiger partial charge in [0.15, 0.2) is 0 Å². The summed E-state index contributed by atoms with van der Waals surface area (Å²) in [5.74, 6) is -6.43. The van der Waals surface area contributed by atoms with Crippen molar-refractivity contribution in [1.29, 1.82) is 0 Å². The van der Waals surface area contributed by atoms with Gasteiger partial charge in [0.1, 0.15) is 0 Å². The highest BCUT2D eigenvalue weighted by atomic mass is 19.3. The molecule has 0 radical (unpaired) electrons. The molecule has 2 nitrogen and oxygen atoms in total. The van der Waals surface area contributed by atoms with Gasteiger partial charge in [-0.2, -0.15) is 8.78 Å². The second kappa shape index (κ2) is 4.14. The minimum Gasteiger partial charge on any atom is -0.348 e. The Balaban J connectivity index is 2.48. The summed E-state index contributed by atoms with van der Waals surface area (Å²) in [7, 11) is 0. The molecule has 0 heterocycles. The molecule has 0 aliphatic heterocycles. The molecule has 0 unspecified atom stereocenters. The first-order valence-corrected chi connectivity index (χ1v) is 4.41. The Morgan fingerprint density at radius 3 is 2.21 bits per heavy atom. The summed E-state index contributed by atoms with van der Waals surface area (Å²) in [6.07, 6.45) is -1.09. The van der Waals surface area contributed by atoms with E-state index in [0.29, 0.717) is 12.8 Å². The molecule has 0 spiro atoms. The Bertz CT molecular complexity index is 213. The Kier molecular flexibility index (Phi) is 3.34. The highest BCUT2D eigenvalue weighted by Gasteiger charge is 2.49. The average molecular weight is 213 g/mol. The topological polar surface area (TPSA) is 29.1 Å². The van der Waals surface area contributed by atoms with Crippen LogP contribution in [0.3, 0.4) is 0 Å². The summed E-state index contributed by atoms with van der Waals surface area (Å²) in [6.45, 7) is 0. The number of carbonyl (C=O) groups is 1. The molecular formula is C8H11F4NO. The average Bonchev–Trinajstić information content (AvgIpc) is 2.56. The number of halogens is 4. The number of hydrogen-bond donors (Lipinski definition) is 1. The monoisotopic (exact) mass is 213 g/mol. The first kappa shape index (κ1) is 11.3. The van der Waals surface area contributed by atoms with E-state index in [-0.39, 0.29) is 6.04 Å². The molecule has 0 aromatic heterocycles. The van der Waals surface area contributed by atoms with E-state index in [4.69, 9.17) is 0 Å². The largest absolute Gasteiger partial charge is 0.383 e. The maximum Gasteiger partial charge on any atom is 0.383 e. The zero-order valence-electron chi connectivity index (χ0n) is 7.40. The van der Waals surface area contributed by atoms with Crippen molar-refractivity contribution in [3.63, 3.8) is 0 Å². The molecule has 1 rings (SSSR count). The third-order valence-electron chi connectivity index (χ3n) is 2.27. The molecule has 1 saturated carbocycles. The van der Waals surface area contributed by atoms with Crippen LogP contribution in [0.25, 0.3) is 0 Å². The van der Waals surface area contributed by atoms with E-state index >= 15 is 0 Å². The van der Waals surface area contributed by atoms with Gasteiger partial charge in [-0.3, -0.25) is 4.79 Å². The van der Waals surface area contributed by atoms with Gasteiger partial charge in [0.05, 0.1) is 0 Å². The predicted octanol–water partition coefficient (Wildman–Crippen LogP) is 1.95. The second-order valence-corrected chi connectivity index (χ2v) is 3.38. The third kappa shape index (κ3) is 2.36. The normalized spacial score (nSPS) is 18.9. The van der Waals surface area contributed by atoms with Crippen LogP contribution in [0.1, 0.15) is 25.7 Å². The van der Waals surface area contributed by atoms with Gasteiger partial charge in [0.2, 0.25) is 0 Å². The molecule has 0 bridgehead atoms. The van der Waals surface area contributed by atoms with Crippen molar-refractivity contribution in [2.24, 2.45) is 0 Å². The fourth-order valence-corrected chi connectivity index (χ4v) is 1.45. The van der Waals surface area contributed by atoms with Crippen LogP contribution >= 0.6 is 0 Å². The fourth-order valence-electron chi connectivity index (χ4n) is 1.45. The van der Waals surface area contributed by atoms with Gasteiger partial charge in [0.25, 0.3) is 5.91 Å². The quantitative estimate of drug-likeness (QED) is 0.713. The maximum atomic E-state index is 12.4. The number of alkyl halides is 4. The predicted molar refractivity (Wildman–Crippen MR) is 41.3 cm³/mol. The molecule has 0 atom stereocenters. The van der Waals surface area contributed by atoms with Crippen molar-refractivity contribution < 1.29 is 22.4 Å². The van der Waals surface area contributed by atoms with Crippen LogP contribution in [-0.2, 0) is 4.79 Å². The van der Waals surface area contributed by atoms with E-state index in [1.807, 2.05) is 5.32 Å². The van der Waals surface area contributed by atoms with Crippen molar-refractivity contribution in [1.82, 2.24) is 5.32 Å². The van der Waals surface area contributed by atoms with Gasteiger partial charge < -0.3 is 5.32 Å². The first-order chi connectivity index (χ1) is 6.44. The number of rotatable bonds is 3. The van der Waals surface area contributed by atoms with Crippen molar-refractivity contribution in [3.05, 3.63) is 0 Å². The molecule has 1 fully saturated rings. The lowest BCUT2D eigenvalue weighted by Gasteiger charge is -2.18. The molecule has 1 aliphatic rings. The summed E-state index contributed by atoms with van der Waals surface area (Å²) in [6, 6.07) is -0.368. The van der Waals surface area contributed by atoms with Crippen LogP contribution in [0.5, 0.6) is 0 Å². The SMILES string of the molecule is O=C(NC1CCCC1)C(F)(F)C(F)F. The maximum absolute atomic E-state index is 12.4. The molecule has 0 aromatic carbocycles. The molecule has 6 heteroatoms. The summed E-state index contributed by atoms with van der Waals surface area (Å²) in [5, 5.41) is 1.93. The Hall–Kier alpha value is -0.810. The summed E-state index contributed by atoms with van der Waals surface area (Å²) >= 11 is 0. The lowest BCUT2D eigenvalue weighted by Crippen LogP contribution is -2.48. The van der Waals surface area contributed by atoms with Crippen LogP contribution in [0.2, 0.25) is 0 Å². The molecule has 0 aromatic rings. The van der Waals surface area contributed by atoms with Gasteiger partial charge in [-0.05, 0) is 12.8 Å². The Morgan fingerprint density at radius 2 is 1.79 bits per heavy atom. The van der Waals surface area contributed by atoms with Gasteiger partial charge in [-0.15, -0.1) is 0 Å². The summed E-state index contributed by atoms with van der Waals surface area (Å²) < 4.78 is 48.3. The molecule has 1 aliphatic carbocycles. The standard InChI is InChI=1S/C8H11F4NO/c9-6(10)8(11,12)7(14)13-5-3-1-2-4-5/h5-6H,1-4H2,(H,13,14). The lowest BCUT2D eigenvalue weighted by atomic mass is 10.2. The fraction of sp³-hybridized carbons (Fsp3) is 0.875. The number of amides is 1. The van der Waals surface area contributed by atoms with E-state index in [0.717, 1.165) is 12.8 Å². The third-order valence-corrected chi connectivity index (χ3v) is 2.27. The minimum absolute atomic E-state index is 0.368. The smallest absolute Gasteiger partial charge is 0.348 e. The highest BCUT2D eigenvalue weighted by molar-refractivity contribution is 5.84. The van der Waals surface area contributed by atoms with Crippen molar-refractivity contribution in [2.45, 2.75) is 44.1 Å². The van der Waals surface area contributed by atoms with E-state index in [1.54, 1.807) is 0 Å². The highest BCUT2D eigenvalue weighted by Crippen LogP contribution is 2.25. The van der Waals surface area contributed by atoms with Crippen LogP contribution in [0.4, 0.5) is 17.6 Å². The summed E-state index contributed by atoms with van der Waals surface area (Å²) in [5.41, 5.74) is 0. The van der Waals surface area contributed by atoms with Crippen LogP contribution in [-0.4, -0.2) is 24.3 Å². The lowest BCUT2D eigenvalue weighted by molar-refractivity contribution is -0.170. The molecular weight excluding hydrogens is 202 g/mol. The summed E-state index contributed by atoms with van der Waals surface area (Å²) in [4.78, 5) is 10.7. The van der Waals surface area contributed by atoms with Crippen molar-refractivity contribution in [3.8, 4) is 0 Å². The molecule has 14 heavy (non-hydrogen) atoms.